The van der Waals surface area contributed by atoms with Crippen molar-refractivity contribution in [1.82, 2.24) is 15.5 Å². The van der Waals surface area contributed by atoms with Gasteiger partial charge >= 0.3 is 0 Å². The maximum Gasteiger partial charge on any atom is 0.241 e. The lowest BCUT2D eigenvalue weighted by atomic mass is 10.1. The van der Waals surface area contributed by atoms with E-state index in [2.05, 4.69) is 40.7 Å². The van der Waals surface area contributed by atoms with Gasteiger partial charge in [-0.2, -0.15) is 0 Å². The second kappa shape index (κ2) is 12.1. The number of carbonyl (C=O) groups excluding carboxylic acids is 1. The van der Waals surface area contributed by atoms with Crippen molar-refractivity contribution in [2.45, 2.75) is 38.8 Å². The van der Waals surface area contributed by atoms with Gasteiger partial charge < -0.3 is 20.3 Å². The number of carbonyl (C=O) groups is 1. The molecule has 6 nitrogen and oxygen atoms in total. The van der Waals surface area contributed by atoms with Crippen LogP contribution >= 0.6 is 24.0 Å². The van der Waals surface area contributed by atoms with E-state index in [0.717, 1.165) is 25.0 Å². The first-order valence-corrected chi connectivity index (χ1v) is 8.94. The van der Waals surface area contributed by atoms with Gasteiger partial charge in [0.05, 0.1) is 19.2 Å². The van der Waals surface area contributed by atoms with Gasteiger partial charge in [-0.15, -0.1) is 24.0 Å². The number of guanidine groups is 1. The lowest BCUT2D eigenvalue weighted by molar-refractivity contribution is -0.127. The van der Waals surface area contributed by atoms with Gasteiger partial charge in [0.15, 0.2) is 5.96 Å². The van der Waals surface area contributed by atoms with E-state index in [0.29, 0.717) is 19.0 Å². The fourth-order valence-electron chi connectivity index (χ4n) is 2.65. The average molecular weight is 474 g/mol. The van der Waals surface area contributed by atoms with E-state index >= 15 is 0 Å². The number of aliphatic imine (C=N–C) groups is 1. The van der Waals surface area contributed by atoms with Crippen molar-refractivity contribution in [3.8, 4) is 0 Å². The van der Waals surface area contributed by atoms with E-state index in [9.17, 15) is 4.79 Å². The van der Waals surface area contributed by atoms with Gasteiger partial charge in [-0.3, -0.25) is 4.79 Å². The molecule has 1 aromatic carbocycles. The van der Waals surface area contributed by atoms with Gasteiger partial charge in [-0.1, -0.05) is 29.8 Å². The third-order valence-corrected chi connectivity index (χ3v) is 4.18. The molecule has 1 fully saturated rings. The highest BCUT2D eigenvalue weighted by molar-refractivity contribution is 14.0. The predicted octanol–water partition coefficient (Wildman–Crippen LogP) is 2.31. The summed E-state index contributed by atoms with van der Waals surface area (Å²) >= 11 is 0. The van der Waals surface area contributed by atoms with Crippen LogP contribution in [0.15, 0.2) is 29.3 Å². The molecule has 2 rings (SSSR count). The minimum absolute atomic E-state index is 0. The molecule has 1 aliphatic rings. The van der Waals surface area contributed by atoms with Crippen LogP contribution in [0.4, 0.5) is 0 Å². The maximum absolute atomic E-state index is 11.8. The second-order valence-electron chi connectivity index (χ2n) is 6.67. The number of nitrogens with zero attached hydrogens (tertiary/aromatic N) is 2. The molecule has 1 amide bonds. The molecule has 1 saturated heterocycles. The molecule has 0 saturated carbocycles. The van der Waals surface area contributed by atoms with Gasteiger partial charge in [-0.25, -0.2) is 4.99 Å². The third kappa shape index (κ3) is 8.35. The Hall–Kier alpha value is -1.35. The maximum atomic E-state index is 11.8. The SMILES string of the molecule is Cc1cccc(CN=C(NCC(=O)N(C)C)NCC2CCCCO2)c1.I. The van der Waals surface area contributed by atoms with Crippen LogP contribution < -0.4 is 10.6 Å². The highest BCUT2D eigenvalue weighted by Gasteiger charge is 2.14. The third-order valence-electron chi connectivity index (χ3n) is 4.18. The topological polar surface area (TPSA) is 66.0 Å². The van der Waals surface area contributed by atoms with Crippen molar-refractivity contribution in [2.75, 3.05) is 33.8 Å². The van der Waals surface area contributed by atoms with Crippen molar-refractivity contribution in [2.24, 2.45) is 4.99 Å². The van der Waals surface area contributed by atoms with E-state index in [1.165, 1.54) is 12.0 Å². The number of likely N-dealkylation sites (N-methyl/N-ethyl adjacent to an activating group) is 1. The minimum Gasteiger partial charge on any atom is -0.376 e. The van der Waals surface area contributed by atoms with Gasteiger partial charge in [0, 0.05) is 27.2 Å². The van der Waals surface area contributed by atoms with E-state index in [1.54, 1.807) is 19.0 Å². The molecular formula is C19H31IN4O2. The monoisotopic (exact) mass is 474 g/mol. The molecular weight excluding hydrogens is 443 g/mol. The smallest absolute Gasteiger partial charge is 0.241 e. The summed E-state index contributed by atoms with van der Waals surface area (Å²) in [7, 11) is 3.49. The molecule has 0 spiro atoms. The van der Waals surface area contributed by atoms with Crippen LogP contribution in [0.3, 0.4) is 0 Å². The molecule has 1 unspecified atom stereocenters. The van der Waals surface area contributed by atoms with Gasteiger partial charge in [0.25, 0.3) is 0 Å². The Morgan fingerprint density at radius 2 is 2.12 bits per heavy atom. The summed E-state index contributed by atoms with van der Waals surface area (Å²) in [5.74, 6) is 0.657. The number of amides is 1. The molecule has 0 aromatic heterocycles. The van der Waals surface area contributed by atoms with Crippen LogP contribution in [0.2, 0.25) is 0 Å². The van der Waals surface area contributed by atoms with Crippen LogP contribution in [0.25, 0.3) is 0 Å². The molecule has 1 aliphatic heterocycles. The van der Waals surface area contributed by atoms with Crippen LogP contribution in [-0.4, -0.2) is 56.7 Å². The summed E-state index contributed by atoms with van der Waals surface area (Å²) in [6, 6.07) is 8.28. The number of rotatable bonds is 6. The Bertz CT molecular complexity index is 587. The Labute approximate surface area is 173 Å². The van der Waals surface area contributed by atoms with E-state index in [1.807, 2.05) is 6.07 Å². The zero-order valence-corrected chi connectivity index (χ0v) is 18.3. The van der Waals surface area contributed by atoms with Crippen LogP contribution in [0.5, 0.6) is 0 Å². The first kappa shape index (κ1) is 22.7. The van der Waals surface area contributed by atoms with Crippen LogP contribution in [0.1, 0.15) is 30.4 Å². The number of nitrogens with one attached hydrogen (secondary N) is 2. The number of hydrogen-bond donors (Lipinski definition) is 2. The molecule has 1 aromatic rings. The van der Waals surface area contributed by atoms with Crippen molar-refractivity contribution in [3.63, 3.8) is 0 Å². The molecule has 0 radical (unpaired) electrons. The van der Waals surface area contributed by atoms with E-state index in [4.69, 9.17) is 4.74 Å². The van der Waals surface area contributed by atoms with E-state index in [-0.39, 0.29) is 42.5 Å². The Kier molecular flexibility index (Phi) is 10.6. The summed E-state index contributed by atoms with van der Waals surface area (Å²) < 4.78 is 5.75. The fourth-order valence-corrected chi connectivity index (χ4v) is 2.65. The first-order chi connectivity index (χ1) is 12.0. The highest BCUT2D eigenvalue weighted by atomic mass is 127. The lowest BCUT2D eigenvalue weighted by Gasteiger charge is -2.24. The number of aryl methyl sites for hydroxylation is 1. The summed E-state index contributed by atoms with van der Waals surface area (Å²) in [6.45, 7) is 4.39. The Morgan fingerprint density at radius 3 is 2.77 bits per heavy atom. The fraction of sp³-hybridized carbons (Fsp3) is 0.579. The van der Waals surface area contributed by atoms with Crippen molar-refractivity contribution in [1.29, 1.82) is 0 Å². The zero-order valence-electron chi connectivity index (χ0n) is 16.0. The Morgan fingerprint density at radius 1 is 1.31 bits per heavy atom. The predicted molar refractivity (Wildman–Crippen MR) is 116 cm³/mol. The van der Waals surface area contributed by atoms with Crippen LogP contribution in [0, 0.1) is 6.92 Å². The second-order valence-corrected chi connectivity index (χ2v) is 6.67. The molecule has 1 heterocycles. The standard InChI is InChI=1S/C19H30N4O2.HI/c1-15-7-6-8-16(11-15)12-20-19(22-14-18(24)23(2)3)21-13-17-9-4-5-10-25-17;/h6-8,11,17H,4-5,9-10,12-14H2,1-3H3,(H2,20,21,22);1H. The number of halogens is 1. The molecule has 1 atom stereocenters. The summed E-state index contributed by atoms with van der Waals surface area (Å²) in [5.41, 5.74) is 2.36. The highest BCUT2D eigenvalue weighted by Crippen LogP contribution is 2.11. The quantitative estimate of drug-likeness (QED) is 0.378. The van der Waals surface area contributed by atoms with Crippen molar-refractivity contribution < 1.29 is 9.53 Å². The number of benzene rings is 1. The van der Waals surface area contributed by atoms with E-state index < -0.39 is 0 Å². The Balaban J connectivity index is 0.00000338. The number of ether oxygens (including phenoxy) is 1. The molecule has 26 heavy (non-hydrogen) atoms. The summed E-state index contributed by atoms with van der Waals surface area (Å²) in [4.78, 5) is 18.0. The molecule has 0 aliphatic carbocycles. The first-order valence-electron chi connectivity index (χ1n) is 8.94. The van der Waals surface area contributed by atoms with Gasteiger partial charge in [0.2, 0.25) is 5.91 Å². The van der Waals surface area contributed by atoms with Crippen molar-refractivity contribution in [3.05, 3.63) is 35.4 Å². The minimum atomic E-state index is 0. The summed E-state index contributed by atoms with van der Waals surface area (Å²) in [5, 5.41) is 6.43. The average Bonchev–Trinajstić information content (AvgIpc) is 2.61. The normalized spacial score (nSPS) is 17.2. The molecule has 7 heteroatoms. The number of hydrogen-bond acceptors (Lipinski definition) is 3. The largest absolute Gasteiger partial charge is 0.376 e. The van der Waals surface area contributed by atoms with Crippen molar-refractivity contribution >= 4 is 35.8 Å². The molecule has 146 valence electrons. The summed E-state index contributed by atoms with van der Waals surface area (Å²) in [6.07, 6.45) is 3.62. The zero-order chi connectivity index (χ0) is 18.1. The molecule has 0 bridgehead atoms. The van der Waals surface area contributed by atoms with Gasteiger partial charge in [0.1, 0.15) is 0 Å². The van der Waals surface area contributed by atoms with Gasteiger partial charge in [-0.05, 0) is 31.7 Å². The van der Waals surface area contributed by atoms with Crippen LogP contribution in [-0.2, 0) is 16.1 Å². The lowest BCUT2D eigenvalue weighted by Crippen LogP contribution is -2.45. The molecule has 2 N–H and O–H groups in total.